The second-order valence-corrected chi connectivity index (χ2v) is 5.60. The fraction of sp³-hybridized carbons (Fsp3) is 0.714. The predicted octanol–water partition coefficient (Wildman–Crippen LogP) is 1.88. The van der Waals surface area contributed by atoms with Gasteiger partial charge in [-0.05, 0) is 6.42 Å². The van der Waals surface area contributed by atoms with Gasteiger partial charge in [0.05, 0.1) is 44.0 Å². The number of aryl methyl sites for hydroxylation is 2. The fourth-order valence-corrected chi connectivity index (χ4v) is 3.04. The van der Waals surface area contributed by atoms with E-state index >= 15 is 0 Å². The zero-order valence-corrected chi connectivity index (χ0v) is 13.3. The zero-order valence-electron chi connectivity index (χ0n) is 12.5. The van der Waals surface area contributed by atoms with Crippen LogP contribution in [0.15, 0.2) is 0 Å². The van der Waals surface area contributed by atoms with Crippen molar-refractivity contribution in [1.29, 1.82) is 0 Å². The smallest absolute Gasteiger partial charge is 0.158 e. The molecule has 1 fully saturated rings. The van der Waals surface area contributed by atoms with Gasteiger partial charge >= 0.3 is 0 Å². The Balaban J connectivity index is 1.98. The minimum absolute atomic E-state index is 0.0441. The summed E-state index contributed by atoms with van der Waals surface area (Å²) in [5, 5.41) is 4.59. The van der Waals surface area contributed by atoms with Crippen molar-refractivity contribution in [2.45, 2.75) is 38.3 Å². The lowest BCUT2D eigenvalue weighted by molar-refractivity contribution is -0.0934. The van der Waals surface area contributed by atoms with E-state index in [0.29, 0.717) is 32.2 Å². The molecule has 1 aliphatic rings. The highest BCUT2D eigenvalue weighted by molar-refractivity contribution is 6.16. The topological polar surface area (TPSA) is 54.1 Å². The highest BCUT2D eigenvalue weighted by atomic mass is 35.5. The number of hydrogen-bond acceptors (Lipinski definition) is 4. The van der Waals surface area contributed by atoms with E-state index in [1.165, 1.54) is 0 Å². The van der Waals surface area contributed by atoms with Crippen molar-refractivity contribution < 1.29 is 9.47 Å². The molecule has 6 nitrogen and oxygen atoms in total. The molecule has 0 aromatic carbocycles. The van der Waals surface area contributed by atoms with Crippen LogP contribution in [0.4, 0.5) is 0 Å². The van der Waals surface area contributed by atoms with E-state index in [1.807, 2.05) is 11.7 Å². The van der Waals surface area contributed by atoms with Gasteiger partial charge in [0.2, 0.25) is 0 Å². The summed E-state index contributed by atoms with van der Waals surface area (Å²) in [6.45, 7) is 4.77. The fourth-order valence-electron chi connectivity index (χ4n) is 2.83. The Kier molecular flexibility index (Phi) is 4.47. The lowest BCUT2D eigenvalue weighted by Crippen LogP contribution is -2.32. The monoisotopic (exact) mass is 312 g/mol. The summed E-state index contributed by atoms with van der Waals surface area (Å²) in [5.74, 6) is 1.25. The van der Waals surface area contributed by atoms with Gasteiger partial charge in [-0.15, -0.1) is 11.6 Å². The third kappa shape index (κ3) is 2.80. The third-order valence-corrected chi connectivity index (χ3v) is 3.99. The molecule has 3 rings (SSSR count). The molecule has 0 N–H and O–H groups in total. The third-order valence-electron chi connectivity index (χ3n) is 3.75. The molecule has 1 aliphatic heterocycles. The molecule has 0 bridgehead atoms. The molecular formula is C14H21ClN4O2. The van der Waals surface area contributed by atoms with Crippen LogP contribution in [-0.4, -0.2) is 45.3 Å². The molecule has 0 spiro atoms. The summed E-state index contributed by atoms with van der Waals surface area (Å²) in [6, 6.07) is 0. The van der Waals surface area contributed by atoms with Gasteiger partial charge in [0, 0.05) is 7.05 Å². The van der Waals surface area contributed by atoms with Crippen LogP contribution in [0.25, 0.3) is 11.2 Å². The first-order valence-corrected chi connectivity index (χ1v) is 7.94. The maximum atomic E-state index is 6.07. The van der Waals surface area contributed by atoms with Crippen LogP contribution < -0.4 is 0 Å². The number of hydrogen-bond donors (Lipinski definition) is 0. The normalized spacial score (nSPS) is 19.5. The highest BCUT2D eigenvalue weighted by Crippen LogP contribution is 2.22. The number of ether oxygens (including phenoxy) is 2. The lowest BCUT2D eigenvalue weighted by atomic mass is 10.2. The van der Waals surface area contributed by atoms with Crippen LogP contribution >= 0.6 is 11.6 Å². The summed E-state index contributed by atoms with van der Waals surface area (Å²) in [6.07, 6.45) is 2.02. The van der Waals surface area contributed by atoms with E-state index in [2.05, 4.69) is 21.6 Å². The number of nitrogens with zero attached hydrogens (tertiary/aromatic N) is 4. The Labute approximate surface area is 129 Å². The first-order chi connectivity index (χ1) is 10.2. The van der Waals surface area contributed by atoms with Crippen LogP contribution in [0.3, 0.4) is 0 Å². The second kappa shape index (κ2) is 6.34. The summed E-state index contributed by atoms with van der Waals surface area (Å²) >= 11 is 6.07. The highest BCUT2D eigenvalue weighted by Gasteiger charge is 2.22. The molecule has 0 radical (unpaired) electrons. The van der Waals surface area contributed by atoms with Gasteiger partial charge < -0.3 is 14.0 Å². The van der Waals surface area contributed by atoms with Crippen molar-refractivity contribution in [1.82, 2.24) is 19.3 Å². The summed E-state index contributed by atoms with van der Waals surface area (Å²) in [5.41, 5.74) is 3.02. The van der Waals surface area contributed by atoms with Crippen LogP contribution in [-0.2, 0) is 35.4 Å². The maximum absolute atomic E-state index is 6.07. The Bertz CT molecular complexity index is 616. The Morgan fingerprint density at radius 1 is 1.38 bits per heavy atom. The van der Waals surface area contributed by atoms with Crippen LogP contribution in [0.5, 0.6) is 0 Å². The number of aromatic nitrogens is 4. The van der Waals surface area contributed by atoms with Crippen molar-refractivity contribution in [3.8, 4) is 0 Å². The Morgan fingerprint density at radius 2 is 2.24 bits per heavy atom. The van der Waals surface area contributed by atoms with Crippen molar-refractivity contribution in [2.24, 2.45) is 7.05 Å². The molecule has 7 heteroatoms. The van der Waals surface area contributed by atoms with E-state index < -0.39 is 0 Å². The summed E-state index contributed by atoms with van der Waals surface area (Å²) in [4.78, 5) is 4.69. The van der Waals surface area contributed by atoms with Crippen molar-refractivity contribution in [3.63, 3.8) is 0 Å². The lowest BCUT2D eigenvalue weighted by Gasteiger charge is -2.24. The largest absolute Gasteiger partial charge is 0.376 e. The molecule has 1 atom stereocenters. The summed E-state index contributed by atoms with van der Waals surface area (Å²) < 4.78 is 15.2. The zero-order chi connectivity index (χ0) is 14.8. The quantitative estimate of drug-likeness (QED) is 0.791. The van der Waals surface area contributed by atoms with E-state index in [0.717, 1.165) is 35.5 Å². The SMILES string of the molecule is CCCc1nn(C)c2c1nc(CCl)n2CC1COCCO1. The molecule has 0 aliphatic carbocycles. The van der Waals surface area contributed by atoms with Crippen molar-refractivity contribution in [3.05, 3.63) is 11.5 Å². The Hall–Kier alpha value is -1.11. The van der Waals surface area contributed by atoms with E-state index in [4.69, 9.17) is 21.1 Å². The van der Waals surface area contributed by atoms with Gasteiger partial charge in [-0.3, -0.25) is 4.68 Å². The number of imidazole rings is 1. The van der Waals surface area contributed by atoms with Crippen LogP contribution in [0, 0.1) is 0 Å². The molecule has 2 aromatic heterocycles. The van der Waals surface area contributed by atoms with Gasteiger partial charge in [0.25, 0.3) is 0 Å². The minimum Gasteiger partial charge on any atom is -0.376 e. The predicted molar refractivity (Wildman–Crippen MR) is 80.6 cm³/mol. The summed E-state index contributed by atoms with van der Waals surface area (Å²) in [7, 11) is 1.95. The van der Waals surface area contributed by atoms with E-state index in [1.54, 1.807) is 0 Å². The van der Waals surface area contributed by atoms with Crippen molar-refractivity contribution >= 4 is 22.8 Å². The average Bonchev–Trinajstić information content (AvgIpc) is 3.00. The standard InChI is InChI=1S/C14H21ClN4O2/c1-3-4-11-13-14(18(2)17-11)19(12(7-15)16-13)8-10-9-20-5-6-21-10/h10H,3-9H2,1-2H3. The van der Waals surface area contributed by atoms with Gasteiger partial charge in [-0.1, -0.05) is 13.3 Å². The van der Waals surface area contributed by atoms with Crippen molar-refractivity contribution in [2.75, 3.05) is 19.8 Å². The molecule has 1 saturated heterocycles. The number of alkyl halides is 1. The van der Waals surface area contributed by atoms with Gasteiger partial charge in [-0.25, -0.2) is 4.98 Å². The molecule has 116 valence electrons. The minimum atomic E-state index is 0.0441. The molecule has 1 unspecified atom stereocenters. The van der Waals surface area contributed by atoms with Gasteiger partial charge in [-0.2, -0.15) is 5.10 Å². The second-order valence-electron chi connectivity index (χ2n) is 5.33. The van der Waals surface area contributed by atoms with E-state index in [9.17, 15) is 0 Å². The van der Waals surface area contributed by atoms with E-state index in [-0.39, 0.29) is 6.10 Å². The first kappa shape index (κ1) is 14.8. The van der Waals surface area contributed by atoms with Crippen LogP contribution in [0.1, 0.15) is 24.9 Å². The molecule has 3 heterocycles. The number of halogens is 1. The number of fused-ring (bicyclic) bond motifs is 1. The molecular weight excluding hydrogens is 292 g/mol. The Morgan fingerprint density at radius 3 is 2.90 bits per heavy atom. The molecule has 0 amide bonds. The molecule has 0 saturated carbocycles. The van der Waals surface area contributed by atoms with Crippen LogP contribution in [0.2, 0.25) is 0 Å². The first-order valence-electron chi connectivity index (χ1n) is 7.40. The average molecular weight is 313 g/mol. The number of rotatable bonds is 5. The molecule has 21 heavy (non-hydrogen) atoms. The van der Waals surface area contributed by atoms with Gasteiger partial charge in [0.15, 0.2) is 5.65 Å². The maximum Gasteiger partial charge on any atom is 0.158 e. The van der Waals surface area contributed by atoms with Gasteiger partial charge in [0.1, 0.15) is 11.3 Å². The molecule has 2 aromatic rings.